The van der Waals surface area contributed by atoms with E-state index in [1.165, 1.54) is 11.4 Å². The summed E-state index contributed by atoms with van der Waals surface area (Å²) in [6, 6.07) is 0. The monoisotopic (exact) mass is 361 g/mol. The molecule has 0 amide bonds. The van der Waals surface area contributed by atoms with E-state index in [1.807, 2.05) is 0 Å². The molecule has 0 nitrogen and oxygen atoms in total. The quantitative estimate of drug-likeness (QED) is 0.491. The molecule has 9 heteroatoms. The zero-order chi connectivity index (χ0) is 11.6. The van der Waals surface area contributed by atoms with Crippen molar-refractivity contribution in [2.24, 2.45) is 0 Å². The third-order valence-corrected chi connectivity index (χ3v) is 24.2. The lowest BCUT2D eigenvalue weighted by Crippen LogP contribution is -2.45. The summed E-state index contributed by atoms with van der Waals surface area (Å²) in [5, 5.41) is 0. The zero-order valence-corrected chi connectivity index (χ0v) is 14.4. The van der Waals surface area contributed by atoms with Gasteiger partial charge in [-0.15, -0.1) is 79.6 Å². The van der Waals surface area contributed by atoms with Crippen LogP contribution in [-0.4, -0.2) is 20.8 Å². The van der Waals surface area contributed by atoms with Crippen molar-refractivity contribution in [3.8, 4) is 0 Å². The molecular weight excluding hydrogens is 357 g/mol. The normalized spacial score (nSPS) is 13.4. The summed E-state index contributed by atoms with van der Waals surface area (Å²) in [6.45, 7) is 1.48. The summed E-state index contributed by atoms with van der Waals surface area (Å²) in [5.74, 6) is 0. The SMILES string of the molecule is C=C[Si](Cl)(Cl)C([Si](Cl)Cl)[Si](Cl)(Cl)C=C. The molecule has 0 atom stereocenters. The van der Waals surface area contributed by atoms with Gasteiger partial charge in [0, 0.05) is 4.79 Å². The molecule has 0 aromatic rings. The third kappa shape index (κ3) is 4.03. The summed E-state index contributed by atoms with van der Waals surface area (Å²) in [5.41, 5.74) is 2.93. The van der Waals surface area contributed by atoms with Gasteiger partial charge in [-0.25, -0.2) is 0 Å². The van der Waals surface area contributed by atoms with Crippen LogP contribution < -0.4 is 0 Å². The maximum Gasteiger partial charge on any atom is 0.277 e. The molecule has 0 saturated heterocycles. The summed E-state index contributed by atoms with van der Waals surface area (Å²) < 4.78 is 0. The van der Waals surface area contributed by atoms with Gasteiger partial charge in [-0.3, -0.25) is 0 Å². The van der Waals surface area contributed by atoms with Gasteiger partial charge in [0.25, 0.3) is 20.8 Å². The first kappa shape index (κ1) is 15.9. The number of rotatable bonds is 5. The van der Waals surface area contributed by atoms with Crippen molar-refractivity contribution in [2.75, 3.05) is 0 Å². The number of hydrogen-bond donors (Lipinski definition) is 0. The Morgan fingerprint density at radius 3 is 1.36 bits per heavy atom. The topological polar surface area (TPSA) is 0 Å². The van der Waals surface area contributed by atoms with E-state index < -0.39 is 25.6 Å². The molecule has 0 fully saturated rings. The van der Waals surface area contributed by atoms with Gasteiger partial charge in [-0.05, 0) is 0 Å². The van der Waals surface area contributed by atoms with Crippen LogP contribution in [0.4, 0.5) is 0 Å². The van der Waals surface area contributed by atoms with Crippen LogP contribution in [0.25, 0.3) is 0 Å². The summed E-state index contributed by atoms with van der Waals surface area (Å²) in [4.78, 5) is -0.454. The molecule has 0 heterocycles. The van der Waals surface area contributed by atoms with Crippen LogP contribution in [0.2, 0.25) is 4.79 Å². The maximum atomic E-state index is 6.11. The third-order valence-electron chi connectivity index (χ3n) is 1.53. The fourth-order valence-corrected chi connectivity index (χ4v) is 29.4. The lowest BCUT2D eigenvalue weighted by molar-refractivity contribution is 1.72. The molecule has 1 radical (unpaired) electrons. The largest absolute Gasteiger partial charge is 0.277 e. The molecule has 0 aliphatic heterocycles. The van der Waals surface area contributed by atoms with Crippen LogP contribution in [0.1, 0.15) is 0 Å². The predicted octanol–water partition coefficient (Wildman–Crippen LogP) is 4.69. The summed E-state index contributed by atoms with van der Waals surface area (Å²) in [7, 11) is -1.81. The van der Waals surface area contributed by atoms with Gasteiger partial charge >= 0.3 is 0 Å². The van der Waals surface area contributed by atoms with Gasteiger partial charge < -0.3 is 0 Å². The molecule has 81 valence electrons. The molecule has 0 saturated carbocycles. The predicted molar refractivity (Wildman–Crippen MR) is 76.5 cm³/mol. The smallest absolute Gasteiger partial charge is 0.147 e. The second kappa shape index (κ2) is 5.98. The Hall–Kier alpha value is 1.87. The molecule has 0 N–H and O–H groups in total. The van der Waals surface area contributed by atoms with E-state index >= 15 is 0 Å². The van der Waals surface area contributed by atoms with Crippen molar-refractivity contribution in [3.63, 3.8) is 0 Å². The molecule has 0 rings (SSSR count). The fourth-order valence-electron chi connectivity index (χ4n) is 0.783. The Morgan fingerprint density at radius 1 is 0.929 bits per heavy atom. The van der Waals surface area contributed by atoms with Crippen molar-refractivity contribution in [3.05, 3.63) is 24.6 Å². The fraction of sp³-hybridized carbons (Fsp3) is 0.200. The highest BCUT2D eigenvalue weighted by atomic mass is 35.7. The van der Waals surface area contributed by atoms with E-state index in [9.17, 15) is 0 Å². The lowest BCUT2D eigenvalue weighted by Gasteiger charge is -2.30. The Labute approximate surface area is 116 Å². The van der Waals surface area contributed by atoms with Crippen LogP contribution in [0, 0.1) is 0 Å². The summed E-state index contributed by atoms with van der Waals surface area (Å²) >= 11 is 36.2. The Bertz CT molecular complexity index is 208. The molecule has 0 bridgehead atoms. The van der Waals surface area contributed by atoms with Crippen LogP contribution in [0.3, 0.4) is 0 Å². The summed E-state index contributed by atoms with van der Waals surface area (Å²) in [6.07, 6.45) is 0. The van der Waals surface area contributed by atoms with Gasteiger partial charge in [-0.2, -0.15) is 0 Å². The number of halogens is 6. The average molecular weight is 364 g/mol. The molecule has 0 aromatic heterocycles. The van der Waals surface area contributed by atoms with Gasteiger partial charge in [0.2, 0.25) is 0 Å². The minimum Gasteiger partial charge on any atom is -0.147 e. The minimum absolute atomic E-state index is 0.454. The minimum atomic E-state index is -2.81. The second-order valence-electron chi connectivity index (χ2n) is 2.48. The van der Waals surface area contributed by atoms with E-state index in [4.69, 9.17) is 66.5 Å². The standard InChI is InChI=1S/C5H7Cl6Si3/c1-3-13(8,9)5(12(6)7)14(10,11)4-2/h3-5H,1-2H2. The van der Waals surface area contributed by atoms with E-state index in [2.05, 4.69) is 13.2 Å². The van der Waals surface area contributed by atoms with Crippen molar-refractivity contribution in [1.29, 1.82) is 0 Å². The molecule has 0 aliphatic carbocycles. The van der Waals surface area contributed by atoms with E-state index in [-0.39, 0.29) is 0 Å². The Morgan fingerprint density at radius 2 is 1.21 bits per heavy atom. The highest BCUT2D eigenvalue weighted by molar-refractivity contribution is 7.66. The molecule has 0 aliphatic rings. The second-order valence-corrected chi connectivity index (χ2v) is 21.7. The Kier molecular flexibility index (Phi) is 6.78. The first-order valence-corrected chi connectivity index (χ1v) is 15.4. The molecule has 0 unspecified atom stereocenters. The number of hydrogen-bond acceptors (Lipinski definition) is 0. The van der Waals surface area contributed by atoms with Crippen molar-refractivity contribution >= 4 is 87.3 Å². The maximum absolute atomic E-state index is 6.11. The zero-order valence-electron chi connectivity index (χ0n) is 6.91. The highest BCUT2D eigenvalue weighted by Crippen LogP contribution is 2.46. The van der Waals surface area contributed by atoms with Crippen molar-refractivity contribution in [2.45, 2.75) is 4.79 Å². The molecule has 14 heavy (non-hydrogen) atoms. The van der Waals surface area contributed by atoms with Crippen LogP contribution in [0.5, 0.6) is 0 Å². The first-order chi connectivity index (χ1) is 6.19. The van der Waals surface area contributed by atoms with Crippen LogP contribution in [-0.2, 0) is 0 Å². The van der Waals surface area contributed by atoms with Gasteiger partial charge in [0.1, 0.15) is 0 Å². The molecule has 0 aromatic carbocycles. The van der Waals surface area contributed by atoms with Crippen LogP contribution >= 0.6 is 66.5 Å². The first-order valence-electron chi connectivity index (χ1n) is 3.39. The Balaban J connectivity index is 5.15. The average Bonchev–Trinajstić information content (AvgIpc) is 2.02. The van der Waals surface area contributed by atoms with E-state index in [1.54, 1.807) is 0 Å². The lowest BCUT2D eigenvalue weighted by atomic mass is 11.3. The van der Waals surface area contributed by atoms with Gasteiger partial charge in [0.05, 0.1) is 0 Å². The van der Waals surface area contributed by atoms with Crippen LogP contribution in [0.15, 0.2) is 24.6 Å². The van der Waals surface area contributed by atoms with Gasteiger partial charge in [-0.1, -0.05) is 11.4 Å². The molecule has 0 spiro atoms. The van der Waals surface area contributed by atoms with E-state index in [0.29, 0.717) is 0 Å². The van der Waals surface area contributed by atoms with Crippen molar-refractivity contribution < 1.29 is 0 Å². The van der Waals surface area contributed by atoms with Crippen molar-refractivity contribution in [1.82, 2.24) is 0 Å². The highest BCUT2D eigenvalue weighted by Gasteiger charge is 2.54. The van der Waals surface area contributed by atoms with Gasteiger partial charge in [0.15, 0.2) is 0 Å². The molecular formula is C5H7Cl6Si3. The van der Waals surface area contributed by atoms with E-state index in [0.717, 1.165) is 0 Å².